The van der Waals surface area contributed by atoms with E-state index in [0.717, 1.165) is 12.1 Å². The Kier molecular flexibility index (Phi) is 4.40. The molecule has 25 heavy (non-hydrogen) atoms. The Balaban J connectivity index is 2.35. The molecule has 0 aliphatic carbocycles. The van der Waals surface area contributed by atoms with Crippen LogP contribution in [0.25, 0.3) is 22.2 Å². The van der Waals surface area contributed by atoms with E-state index in [4.69, 9.17) is 4.98 Å². The number of para-hydroxylation sites is 1. The van der Waals surface area contributed by atoms with Crippen LogP contribution >= 0.6 is 0 Å². The first kappa shape index (κ1) is 17.9. The maximum atomic E-state index is 4.79. The molecule has 0 amide bonds. The zero-order chi connectivity index (χ0) is 18.4. The number of hydrogen-bond acceptors (Lipinski definition) is 1. The summed E-state index contributed by atoms with van der Waals surface area (Å²) in [7, 11) is -1.71. The summed E-state index contributed by atoms with van der Waals surface area (Å²) in [6.07, 6.45) is 5.33. The van der Waals surface area contributed by atoms with Gasteiger partial charge in [0, 0.05) is 28.9 Å². The standard InChI is InChI=1S/C22H30N2Si/c1-8-17-16(2)13-14-23-21(17)19-15-24(25(6,7)22(3,4)5)20-12-10-9-11-18(19)20/h9-15H,8H2,1-7H3. The van der Waals surface area contributed by atoms with Gasteiger partial charge in [-0.15, -0.1) is 0 Å². The molecule has 0 spiro atoms. The minimum atomic E-state index is -1.71. The molecule has 2 aromatic heterocycles. The zero-order valence-electron chi connectivity index (χ0n) is 16.6. The summed E-state index contributed by atoms with van der Waals surface area (Å²) < 4.78 is 2.58. The Hall–Kier alpha value is -1.87. The Bertz CT molecular complexity index is 913. The molecule has 2 heterocycles. The molecule has 1 aromatic carbocycles. The minimum Gasteiger partial charge on any atom is -0.373 e. The van der Waals surface area contributed by atoms with E-state index in [-0.39, 0.29) is 5.04 Å². The fourth-order valence-electron chi connectivity index (χ4n) is 3.46. The third kappa shape index (κ3) is 2.85. The lowest BCUT2D eigenvalue weighted by atomic mass is 9.99. The lowest BCUT2D eigenvalue weighted by molar-refractivity contribution is 0.703. The van der Waals surface area contributed by atoms with Crippen LogP contribution in [0.5, 0.6) is 0 Å². The van der Waals surface area contributed by atoms with Gasteiger partial charge in [0.25, 0.3) is 0 Å². The first-order valence-electron chi connectivity index (χ1n) is 9.24. The van der Waals surface area contributed by atoms with E-state index < -0.39 is 8.24 Å². The van der Waals surface area contributed by atoms with Crippen molar-refractivity contribution in [2.45, 2.75) is 59.2 Å². The molecule has 132 valence electrons. The molecule has 0 aliphatic heterocycles. The van der Waals surface area contributed by atoms with E-state index in [1.165, 1.54) is 27.6 Å². The summed E-state index contributed by atoms with van der Waals surface area (Å²) in [6.45, 7) is 16.5. The number of aromatic nitrogens is 2. The largest absolute Gasteiger partial charge is 0.373 e. The van der Waals surface area contributed by atoms with E-state index >= 15 is 0 Å². The lowest BCUT2D eigenvalue weighted by Crippen LogP contribution is -2.44. The third-order valence-corrected chi connectivity index (χ3v) is 11.3. The zero-order valence-corrected chi connectivity index (χ0v) is 17.6. The topological polar surface area (TPSA) is 17.8 Å². The molecule has 0 radical (unpaired) electrons. The summed E-state index contributed by atoms with van der Waals surface area (Å²) in [5, 5.41) is 1.60. The van der Waals surface area contributed by atoms with Crippen molar-refractivity contribution in [1.82, 2.24) is 9.22 Å². The Labute approximate surface area is 153 Å². The summed E-state index contributed by atoms with van der Waals surface area (Å²) in [5.74, 6) is 0. The van der Waals surface area contributed by atoms with Crippen molar-refractivity contribution in [3.63, 3.8) is 0 Å². The van der Waals surface area contributed by atoms with Crippen LogP contribution in [0, 0.1) is 6.92 Å². The molecule has 3 aromatic rings. The van der Waals surface area contributed by atoms with Crippen LogP contribution in [0.2, 0.25) is 18.1 Å². The molecule has 0 N–H and O–H groups in total. The van der Waals surface area contributed by atoms with Crippen molar-refractivity contribution in [2.75, 3.05) is 0 Å². The highest BCUT2D eigenvalue weighted by atomic mass is 28.3. The number of benzene rings is 1. The Morgan fingerprint density at radius 1 is 1.08 bits per heavy atom. The summed E-state index contributed by atoms with van der Waals surface area (Å²) in [5.41, 5.74) is 6.46. The van der Waals surface area contributed by atoms with Gasteiger partial charge >= 0.3 is 0 Å². The number of pyridine rings is 1. The second-order valence-electron chi connectivity index (χ2n) is 8.55. The Morgan fingerprint density at radius 2 is 1.76 bits per heavy atom. The van der Waals surface area contributed by atoms with Crippen LogP contribution in [-0.2, 0) is 6.42 Å². The van der Waals surface area contributed by atoms with Crippen molar-refractivity contribution < 1.29 is 0 Å². The van der Waals surface area contributed by atoms with Crippen LogP contribution < -0.4 is 0 Å². The van der Waals surface area contributed by atoms with Crippen LogP contribution in [0.1, 0.15) is 38.8 Å². The van der Waals surface area contributed by atoms with E-state index in [1.54, 1.807) is 0 Å². The molecule has 0 unspecified atom stereocenters. The van der Waals surface area contributed by atoms with Gasteiger partial charge in [-0.1, -0.05) is 59.0 Å². The maximum Gasteiger partial charge on any atom is 0.161 e. The van der Waals surface area contributed by atoms with E-state index in [0.29, 0.717) is 0 Å². The second-order valence-corrected chi connectivity index (χ2v) is 13.6. The highest BCUT2D eigenvalue weighted by Crippen LogP contribution is 2.41. The van der Waals surface area contributed by atoms with Crippen LogP contribution in [-0.4, -0.2) is 17.5 Å². The van der Waals surface area contributed by atoms with Crippen LogP contribution in [0.15, 0.2) is 42.7 Å². The van der Waals surface area contributed by atoms with Crippen molar-refractivity contribution in [1.29, 1.82) is 0 Å². The molecule has 0 bridgehead atoms. The highest BCUT2D eigenvalue weighted by molar-refractivity contribution is 6.79. The van der Waals surface area contributed by atoms with E-state index in [9.17, 15) is 0 Å². The average molecular weight is 351 g/mol. The summed E-state index contributed by atoms with van der Waals surface area (Å²) in [6, 6.07) is 10.9. The van der Waals surface area contributed by atoms with Gasteiger partial charge in [-0.2, -0.15) is 0 Å². The normalized spacial score (nSPS) is 12.8. The first-order valence-corrected chi connectivity index (χ1v) is 12.2. The fraction of sp³-hybridized carbons (Fsp3) is 0.409. The minimum absolute atomic E-state index is 0.277. The Morgan fingerprint density at radius 3 is 2.40 bits per heavy atom. The van der Waals surface area contributed by atoms with Gasteiger partial charge in [-0.3, -0.25) is 4.98 Å². The molecule has 0 fully saturated rings. The first-order chi connectivity index (χ1) is 11.7. The molecule has 3 heteroatoms. The molecule has 3 rings (SSSR count). The summed E-state index contributed by atoms with van der Waals surface area (Å²) >= 11 is 0. The SMILES string of the molecule is CCc1c(C)ccnc1-c1cn([Si](C)(C)C(C)(C)C)c2ccccc12. The number of fused-ring (bicyclic) bond motifs is 1. The third-order valence-electron chi connectivity index (χ3n) is 6.05. The van der Waals surface area contributed by atoms with Crippen LogP contribution in [0.4, 0.5) is 0 Å². The van der Waals surface area contributed by atoms with E-state index in [1.807, 2.05) is 6.20 Å². The van der Waals surface area contributed by atoms with Crippen molar-refractivity contribution in [3.05, 3.63) is 53.9 Å². The smallest absolute Gasteiger partial charge is 0.161 e. The molecule has 0 saturated carbocycles. The van der Waals surface area contributed by atoms with E-state index in [2.05, 4.69) is 88.5 Å². The maximum absolute atomic E-state index is 4.79. The van der Waals surface area contributed by atoms with Gasteiger partial charge in [0.15, 0.2) is 8.24 Å². The number of nitrogens with zero attached hydrogens (tertiary/aromatic N) is 2. The predicted molar refractivity (Wildman–Crippen MR) is 112 cm³/mol. The lowest BCUT2D eigenvalue weighted by Gasteiger charge is -2.38. The average Bonchev–Trinajstić information content (AvgIpc) is 2.93. The molecular weight excluding hydrogens is 320 g/mol. The van der Waals surface area contributed by atoms with Gasteiger partial charge in [-0.05, 0) is 41.6 Å². The molecule has 0 atom stereocenters. The van der Waals surface area contributed by atoms with Gasteiger partial charge in [0.05, 0.1) is 5.69 Å². The van der Waals surface area contributed by atoms with Gasteiger partial charge in [-0.25, -0.2) is 0 Å². The van der Waals surface area contributed by atoms with Crippen LogP contribution in [0.3, 0.4) is 0 Å². The summed E-state index contributed by atoms with van der Waals surface area (Å²) in [4.78, 5) is 4.79. The quantitative estimate of drug-likeness (QED) is 0.498. The molecular formula is C22H30N2Si. The van der Waals surface area contributed by atoms with Gasteiger partial charge < -0.3 is 4.23 Å². The number of hydrogen-bond donors (Lipinski definition) is 0. The van der Waals surface area contributed by atoms with Gasteiger partial charge in [0.1, 0.15) is 0 Å². The molecule has 2 nitrogen and oxygen atoms in total. The monoisotopic (exact) mass is 350 g/mol. The predicted octanol–water partition coefficient (Wildman–Crippen LogP) is 6.43. The van der Waals surface area contributed by atoms with Crippen molar-refractivity contribution in [3.8, 4) is 11.3 Å². The van der Waals surface area contributed by atoms with Gasteiger partial charge in [0.2, 0.25) is 0 Å². The van der Waals surface area contributed by atoms with Crippen molar-refractivity contribution >= 4 is 19.1 Å². The molecule has 0 aliphatic rings. The highest BCUT2D eigenvalue weighted by Gasteiger charge is 2.38. The fourth-order valence-corrected chi connectivity index (χ4v) is 5.43. The number of rotatable bonds is 3. The molecule has 0 saturated heterocycles. The number of aryl methyl sites for hydroxylation is 1. The second kappa shape index (κ2) is 6.13. The van der Waals surface area contributed by atoms with Crippen molar-refractivity contribution in [2.24, 2.45) is 0 Å².